The minimum Gasteiger partial charge on any atom is -0.459 e. The normalized spacial score (nSPS) is 14.8. The Balaban J connectivity index is 4.83. The maximum absolute atomic E-state index is 14.1. The van der Waals surface area contributed by atoms with E-state index in [-0.39, 0.29) is 0 Å². The second-order valence-electron chi connectivity index (χ2n) is 12.0. The van der Waals surface area contributed by atoms with Crippen molar-refractivity contribution >= 4 is 35.8 Å². The van der Waals surface area contributed by atoms with E-state index in [0.29, 0.717) is 38.5 Å². The van der Waals surface area contributed by atoms with E-state index < -0.39 is 106 Å². The molecule has 0 heterocycles. The lowest BCUT2D eigenvalue weighted by molar-refractivity contribution is 0.0219. The third-order valence-corrected chi connectivity index (χ3v) is 8.02. The van der Waals surface area contributed by atoms with Crippen LogP contribution in [0.2, 0.25) is 0 Å². The summed E-state index contributed by atoms with van der Waals surface area (Å²) in [4.78, 5) is 84.8. The van der Waals surface area contributed by atoms with E-state index in [9.17, 15) is 28.8 Å². The van der Waals surface area contributed by atoms with Crippen molar-refractivity contribution in [1.82, 2.24) is 0 Å². The fourth-order valence-electron chi connectivity index (χ4n) is 3.92. The SMILES string of the molecule is CC[C@H](C)OC(=O)c1c(C(=O)O[C@@H](C)CC)c(C(=O)O[C@@H](C)CC)c(C(=O)O[C@@H](C)CC)c(C(=O)O[C@@H](C)CC)c1C(=O)O[C@@H](C)CC. The van der Waals surface area contributed by atoms with Gasteiger partial charge in [-0.05, 0) is 80.1 Å². The van der Waals surface area contributed by atoms with Crippen molar-refractivity contribution in [1.29, 1.82) is 0 Å². The maximum atomic E-state index is 14.1. The number of rotatable bonds is 18. The lowest BCUT2D eigenvalue weighted by Gasteiger charge is -2.26. The lowest BCUT2D eigenvalue weighted by atomic mass is 9.85. The van der Waals surface area contributed by atoms with E-state index in [0.717, 1.165) is 0 Å². The third-order valence-electron chi connectivity index (χ3n) is 8.02. The number of carbonyl (C=O) groups excluding carboxylic acids is 6. The van der Waals surface area contributed by atoms with E-state index in [1.165, 1.54) is 0 Å². The molecule has 0 saturated carbocycles. The van der Waals surface area contributed by atoms with Crippen LogP contribution in [0.3, 0.4) is 0 Å². The molecule has 0 radical (unpaired) electrons. The Morgan fingerprint density at radius 1 is 0.312 bits per heavy atom. The summed E-state index contributed by atoms with van der Waals surface area (Å²) in [6.07, 6.45) is -2.30. The molecule has 0 aliphatic carbocycles. The first-order valence-corrected chi connectivity index (χ1v) is 17.0. The molecule has 12 nitrogen and oxygen atoms in total. The zero-order valence-corrected chi connectivity index (χ0v) is 30.6. The van der Waals surface area contributed by atoms with Gasteiger partial charge >= 0.3 is 35.8 Å². The van der Waals surface area contributed by atoms with Crippen molar-refractivity contribution in [3.05, 3.63) is 33.4 Å². The lowest BCUT2D eigenvalue weighted by Crippen LogP contribution is -2.34. The van der Waals surface area contributed by atoms with Gasteiger partial charge in [-0.15, -0.1) is 0 Å². The van der Waals surface area contributed by atoms with Gasteiger partial charge in [0, 0.05) is 0 Å². The van der Waals surface area contributed by atoms with E-state index in [1.54, 1.807) is 83.1 Å². The van der Waals surface area contributed by atoms with E-state index in [4.69, 9.17) is 28.4 Å². The van der Waals surface area contributed by atoms with Gasteiger partial charge in [0.15, 0.2) is 0 Å². The summed E-state index contributed by atoms with van der Waals surface area (Å²) >= 11 is 0. The zero-order chi connectivity index (χ0) is 36.9. The molecule has 0 fully saturated rings. The third kappa shape index (κ3) is 11.1. The van der Waals surface area contributed by atoms with Gasteiger partial charge < -0.3 is 28.4 Å². The van der Waals surface area contributed by atoms with Crippen LogP contribution in [0.5, 0.6) is 0 Å². The molecule has 0 aliphatic rings. The molecule has 0 N–H and O–H groups in total. The first-order chi connectivity index (χ1) is 22.5. The minimum atomic E-state index is -1.23. The molecule has 0 aromatic heterocycles. The number of carbonyl (C=O) groups is 6. The number of esters is 6. The van der Waals surface area contributed by atoms with Crippen LogP contribution in [-0.4, -0.2) is 72.4 Å². The molecule has 0 aliphatic heterocycles. The van der Waals surface area contributed by atoms with Crippen molar-refractivity contribution in [2.24, 2.45) is 0 Å². The fraction of sp³-hybridized carbons (Fsp3) is 0.667. The highest BCUT2D eigenvalue weighted by molar-refractivity contribution is 6.24. The second kappa shape index (κ2) is 19.8. The van der Waals surface area contributed by atoms with Crippen LogP contribution in [-0.2, 0) is 28.4 Å². The van der Waals surface area contributed by atoms with Crippen LogP contribution >= 0.6 is 0 Å². The maximum Gasteiger partial charge on any atom is 0.340 e. The number of benzene rings is 1. The number of hydrogen-bond donors (Lipinski definition) is 0. The first-order valence-electron chi connectivity index (χ1n) is 17.0. The van der Waals surface area contributed by atoms with Crippen molar-refractivity contribution in [3.63, 3.8) is 0 Å². The van der Waals surface area contributed by atoms with Gasteiger partial charge in [-0.2, -0.15) is 0 Å². The van der Waals surface area contributed by atoms with Gasteiger partial charge in [0.25, 0.3) is 0 Å². The Morgan fingerprint density at radius 3 is 0.500 bits per heavy atom. The average molecular weight is 679 g/mol. The van der Waals surface area contributed by atoms with Gasteiger partial charge in [-0.25, -0.2) is 28.8 Å². The predicted molar refractivity (Wildman–Crippen MR) is 177 cm³/mol. The Bertz CT molecular complexity index is 1040. The number of hydrogen-bond acceptors (Lipinski definition) is 12. The van der Waals surface area contributed by atoms with Gasteiger partial charge in [0.2, 0.25) is 0 Å². The molecule has 0 spiro atoms. The van der Waals surface area contributed by atoms with Crippen LogP contribution in [0.1, 0.15) is 184 Å². The molecule has 270 valence electrons. The molecule has 0 amide bonds. The molecule has 12 heteroatoms. The summed E-state index contributed by atoms with van der Waals surface area (Å²) in [6, 6.07) is 0. The Hall–Kier alpha value is -3.96. The van der Waals surface area contributed by atoms with Gasteiger partial charge in [-0.3, -0.25) is 0 Å². The standard InChI is InChI=1S/C36H54O12/c1-13-19(7)43-31(37)25-26(32(38)44-20(8)14-2)28(34(40)46-22(10)16-4)30(36(42)48-24(12)18-6)29(35(41)47-23(11)17-5)27(25)33(39)45-21(9)15-3/h19-24H,13-18H2,1-12H3/t19-,20-,21-,22-,23-,24-/m0/s1. The topological polar surface area (TPSA) is 158 Å². The van der Waals surface area contributed by atoms with E-state index >= 15 is 0 Å². The fourth-order valence-corrected chi connectivity index (χ4v) is 3.92. The summed E-state index contributed by atoms with van der Waals surface area (Å²) in [5, 5.41) is 0. The largest absolute Gasteiger partial charge is 0.459 e. The van der Waals surface area contributed by atoms with Gasteiger partial charge in [-0.1, -0.05) is 41.5 Å². The molecular weight excluding hydrogens is 624 g/mol. The highest BCUT2D eigenvalue weighted by Crippen LogP contribution is 2.35. The molecule has 1 aromatic carbocycles. The van der Waals surface area contributed by atoms with Crippen molar-refractivity contribution < 1.29 is 57.2 Å². The molecule has 1 rings (SSSR count). The summed E-state index contributed by atoms with van der Waals surface area (Å²) in [5.41, 5.74) is -4.73. The molecular formula is C36H54O12. The predicted octanol–water partition coefficient (Wildman–Crippen LogP) is 7.42. The summed E-state index contributed by atoms with van der Waals surface area (Å²) < 4.78 is 33.7. The molecule has 6 atom stereocenters. The molecule has 0 saturated heterocycles. The average Bonchev–Trinajstić information content (AvgIpc) is 3.05. The van der Waals surface area contributed by atoms with Gasteiger partial charge in [0.1, 0.15) is 0 Å². The Kier molecular flexibility index (Phi) is 17.3. The summed E-state index contributed by atoms with van der Waals surface area (Å²) in [7, 11) is 0. The van der Waals surface area contributed by atoms with Crippen LogP contribution < -0.4 is 0 Å². The van der Waals surface area contributed by atoms with Crippen LogP contribution in [0.15, 0.2) is 0 Å². The Labute approximate surface area is 284 Å². The second-order valence-corrected chi connectivity index (χ2v) is 12.0. The van der Waals surface area contributed by atoms with E-state index in [1.807, 2.05) is 0 Å². The van der Waals surface area contributed by atoms with Crippen LogP contribution in [0, 0.1) is 0 Å². The smallest absolute Gasteiger partial charge is 0.340 e. The van der Waals surface area contributed by atoms with Crippen LogP contribution in [0.25, 0.3) is 0 Å². The highest BCUT2D eigenvalue weighted by Gasteiger charge is 2.44. The van der Waals surface area contributed by atoms with Crippen molar-refractivity contribution in [3.8, 4) is 0 Å². The molecule has 0 bridgehead atoms. The van der Waals surface area contributed by atoms with E-state index in [2.05, 4.69) is 0 Å². The molecule has 0 unspecified atom stereocenters. The van der Waals surface area contributed by atoms with Crippen molar-refractivity contribution in [2.75, 3.05) is 0 Å². The molecule has 48 heavy (non-hydrogen) atoms. The monoisotopic (exact) mass is 678 g/mol. The van der Waals surface area contributed by atoms with Crippen molar-refractivity contribution in [2.45, 2.75) is 158 Å². The first kappa shape index (κ1) is 42.1. The summed E-state index contributed by atoms with van der Waals surface area (Å²) in [6.45, 7) is 20.0. The Morgan fingerprint density at radius 2 is 0.417 bits per heavy atom. The highest BCUT2D eigenvalue weighted by atomic mass is 16.6. The quantitative estimate of drug-likeness (QED) is 0.112. The van der Waals surface area contributed by atoms with Gasteiger partial charge in [0.05, 0.1) is 70.0 Å². The van der Waals surface area contributed by atoms with Crippen LogP contribution in [0.4, 0.5) is 0 Å². The zero-order valence-electron chi connectivity index (χ0n) is 30.6. The number of ether oxygens (including phenoxy) is 6. The minimum absolute atomic E-state index is 0.343. The summed E-state index contributed by atoms with van der Waals surface area (Å²) in [5.74, 6) is -7.37. The molecule has 1 aromatic rings.